The minimum absolute atomic E-state index is 0.242. The maximum Gasteiger partial charge on any atom is 0.329 e. The molecule has 12 heavy (non-hydrogen) atoms. The summed E-state index contributed by atoms with van der Waals surface area (Å²) in [6.45, 7) is 10.4. The van der Waals surface area contributed by atoms with Gasteiger partial charge in [-0.15, -0.1) is 0 Å². The highest BCUT2D eigenvalue weighted by atomic mass is 28.4. The van der Waals surface area contributed by atoms with Crippen molar-refractivity contribution in [1.29, 1.82) is 0 Å². The second-order valence-electron chi connectivity index (χ2n) is 4.35. The number of hydrogen-bond acceptors (Lipinski definition) is 2. The maximum atomic E-state index is 9.48. The lowest BCUT2D eigenvalue weighted by Crippen LogP contribution is -2.34. The van der Waals surface area contributed by atoms with Crippen LogP contribution in [0.1, 0.15) is 13.3 Å². The van der Waals surface area contributed by atoms with E-state index in [2.05, 4.69) is 20.0 Å². The molecule has 0 aliphatic heterocycles. The predicted molar refractivity (Wildman–Crippen MR) is 58.5 cm³/mol. The first-order chi connectivity index (χ1) is 5.31. The van der Waals surface area contributed by atoms with Crippen molar-refractivity contribution in [2.24, 2.45) is 0 Å². The molecule has 74 valence electrons. The van der Waals surface area contributed by atoms with Gasteiger partial charge in [-0.2, -0.15) is 0 Å². The summed E-state index contributed by atoms with van der Waals surface area (Å²) < 4.78 is 5.50. The Morgan fingerprint density at radius 1 is 1.42 bits per heavy atom. The van der Waals surface area contributed by atoms with Gasteiger partial charge in [-0.25, -0.2) is 0 Å². The molecule has 0 amide bonds. The highest BCUT2D eigenvalue weighted by Gasteiger charge is 2.21. The normalized spacial score (nSPS) is 15.2. The Bertz CT molecular complexity index is 121. The van der Waals surface area contributed by atoms with Gasteiger partial charge in [0.15, 0.2) is 0 Å². The average Bonchev–Trinajstić information content (AvgIpc) is 1.79. The fourth-order valence-electron chi connectivity index (χ4n) is 1.12. The smallest absolute Gasteiger partial charge is 0.329 e. The molecule has 4 heteroatoms. The van der Waals surface area contributed by atoms with Crippen LogP contribution in [0.4, 0.5) is 0 Å². The molecule has 0 rings (SSSR count). The molecule has 0 heterocycles. The molecular weight excluding hydrogens is 184 g/mol. The van der Waals surface area contributed by atoms with Crippen LogP contribution in [0.5, 0.6) is 0 Å². The third kappa shape index (κ3) is 8.45. The molecule has 0 fully saturated rings. The van der Waals surface area contributed by atoms with Gasteiger partial charge in [-0.3, -0.25) is 0 Å². The summed E-state index contributed by atoms with van der Waals surface area (Å²) in [5.74, 6) is 0. The van der Waals surface area contributed by atoms with Crippen LogP contribution in [-0.2, 0) is 4.43 Å². The Morgan fingerprint density at radius 2 is 1.92 bits per heavy atom. The van der Waals surface area contributed by atoms with E-state index < -0.39 is 17.4 Å². The second-order valence-corrected chi connectivity index (χ2v) is 10.8. The van der Waals surface area contributed by atoms with Crippen molar-refractivity contribution in [2.45, 2.75) is 51.7 Å². The molecule has 0 aromatic carbocycles. The van der Waals surface area contributed by atoms with E-state index in [4.69, 9.17) is 4.43 Å². The fourth-order valence-corrected chi connectivity index (χ4v) is 3.36. The van der Waals surface area contributed by atoms with Gasteiger partial charge in [0.2, 0.25) is 0 Å². The third-order valence-electron chi connectivity index (χ3n) is 1.64. The van der Waals surface area contributed by atoms with Crippen LogP contribution in [0.15, 0.2) is 0 Å². The average molecular weight is 206 g/mol. The SMILES string of the molecule is CC(CC[SiH](C)C)O[Si](C)(C)O. The second kappa shape index (κ2) is 5.16. The first-order valence-corrected chi connectivity index (χ1v) is 10.7. The van der Waals surface area contributed by atoms with E-state index in [1.54, 1.807) is 0 Å². The maximum absolute atomic E-state index is 9.48. The molecule has 0 saturated heterocycles. The van der Waals surface area contributed by atoms with Crippen molar-refractivity contribution in [1.82, 2.24) is 0 Å². The molecule has 0 aromatic rings. The molecular formula is C8H22O2Si2. The van der Waals surface area contributed by atoms with Gasteiger partial charge in [0.25, 0.3) is 0 Å². The molecule has 0 saturated carbocycles. The number of hydrogen-bond donors (Lipinski definition) is 1. The van der Waals surface area contributed by atoms with Crippen molar-refractivity contribution in [2.75, 3.05) is 0 Å². The summed E-state index contributed by atoms with van der Waals surface area (Å²) in [6.07, 6.45) is 1.35. The van der Waals surface area contributed by atoms with Gasteiger partial charge < -0.3 is 9.22 Å². The standard InChI is InChI=1S/C8H22O2Si2/c1-8(6-7-11(2)3)10-12(4,5)9/h8-9,11H,6-7H2,1-5H3. The van der Waals surface area contributed by atoms with Crippen molar-refractivity contribution >= 4 is 17.4 Å². The zero-order chi connectivity index (χ0) is 9.78. The van der Waals surface area contributed by atoms with E-state index in [1.807, 2.05) is 13.1 Å². The van der Waals surface area contributed by atoms with Crippen LogP contribution in [0.25, 0.3) is 0 Å². The summed E-state index contributed by atoms with van der Waals surface area (Å²) in [4.78, 5) is 9.48. The Balaban J connectivity index is 3.53. The molecule has 0 aliphatic rings. The molecule has 1 atom stereocenters. The zero-order valence-electron chi connectivity index (χ0n) is 8.92. The van der Waals surface area contributed by atoms with E-state index in [9.17, 15) is 4.80 Å². The van der Waals surface area contributed by atoms with Crippen molar-refractivity contribution in [3.63, 3.8) is 0 Å². The third-order valence-corrected chi connectivity index (χ3v) is 4.11. The first kappa shape index (κ1) is 12.4. The van der Waals surface area contributed by atoms with Crippen LogP contribution in [-0.4, -0.2) is 28.3 Å². The van der Waals surface area contributed by atoms with Gasteiger partial charge in [0.05, 0.1) is 0 Å². The van der Waals surface area contributed by atoms with Gasteiger partial charge in [0, 0.05) is 14.9 Å². The van der Waals surface area contributed by atoms with Crippen LogP contribution in [0.2, 0.25) is 32.2 Å². The molecule has 0 aromatic heterocycles. The summed E-state index contributed by atoms with van der Waals surface area (Å²) in [6, 6.07) is 1.31. The van der Waals surface area contributed by atoms with Gasteiger partial charge in [-0.05, 0) is 26.4 Å². The molecule has 2 nitrogen and oxygen atoms in total. The van der Waals surface area contributed by atoms with Crippen molar-refractivity contribution in [3.8, 4) is 0 Å². The topological polar surface area (TPSA) is 29.5 Å². The Labute approximate surface area is 78.8 Å². The lowest BCUT2D eigenvalue weighted by atomic mass is 10.3. The highest BCUT2D eigenvalue weighted by molar-refractivity contribution is 6.63. The Hall–Kier alpha value is 0.354. The minimum Gasteiger partial charge on any atom is -0.411 e. The summed E-state index contributed by atoms with van der Waals surface area (Å²) in [5, 5.41) is 0. The van der Waals surface area contributed by atoms with Crippen LogP contribution < -0.4 is 0 Å². The first-order valence-electron chi connectivity index (χ1n) is 4.71. The van der Waals surface area contributed by atoms with Gasteiger partial charge in [-0.1, -0.05) is 19.1 Å². The summed E-state index contributed by atoms with van der Waals surface area (Å²) >= 11 is 0. The highest BCUT2D eigenvalue weighted by Crippen LogP contribution is 2.10. The summed E-state index contributed by atoms with van der Waals surface area (Å²) in [7, 11) is -2.72. The quantitative estimate of drug-likeness (QED) is 0.697. The molecule has 0 spiro atoms. The van der Waals surface area contributed by atoms with E-state index >= 15 is 0 Å². The lowest BCUT2D eigenvalue weighted by Gasteiger charge is -2.21. The molecule has 0 bridgehead atoms. The van der Waals surface area contributed by atoms with Crippen LogP contribution in [0, 0.1) is 0 Å². The molecule has 0 radical (unpaired) electrons. The zero-order valence-corrected chi connectivity index (χ0v) is 11.1. The Kier molecular flexibility index (Phi) is 5.32. The number of rotatable bonds is 5. The predicted octanol–water partition coefficient (Wildman–Crippen LogP) is 1.96. The molecule has 0 aliphatic carbocycles. The minimum atomic E-state index is -2.28. The van der Waals surface area contributed by atoms with E-state index in [1.165, 1.54) is 6.04 Å². The van der Waals surface area contributed by atoms with Crippen LogP contribution in [0.3, 0.4) is 0 Å². The molecule has 1 N–H and O–H groups in total. The molecule has 1 unspecified atom stereocenters. The lowest BCUT2D eigenvalue weighted by molar-refractivity contribution is 0.164. The van der Waals surface area contributed by atoms with E-state index in [-0.39, 0.29) is 6.10 Å². The van der Waals surface area contributed by atoms with Crippen molar-refractivity contribution in [3.05, 3.63) is 0 Å². The largest absolute Gasteiger partial charge is 0.411 e. The van der Waals surface area contributed by atoms with E-state index in [0.29, 0.717) is 0 Å². The van der Waals surface area contributed by atoms with Crippen molar-refractivity contribution < 1.29 is 9.22 Å². The summed E-state index contributed by atoms with van der Waals surface area (Å²) in [5.41, 5.74) is 0. The fraction of sp³-hybridized carbons (Fsp3) is 1.00. The monoisotopic (exact) mass is 206 g/mol. The van der Waals surface area contributed by atoms with Gasteiger partial charge in [0.1, 0.15) is 0 Å². The Morgan fingerprint density at radius 3 is 2.25 bits per heavy atom. The van der Waals surface area contributed by atoms with E-state index in [0.717, 1.165) is 6.42 Å². The van der Waals surface area contributed by atoms with Gasteiger partial charge >= 0.3 is 8.56 Å². The van der Waals surface area contributed by atoms with Crippen LogP contribution >= 0.6 is 0 Å².